The van der Waals surface area contributed by atoms with Gasteiger partial charge in [-0.3, -0.25) is 19.7 Å². The van der Waals surface area contributed by atoms with Crippen LogP contribution in [0.3, 0.4) is 0 Å². The summed E-state index contributed by atoms with van der Waals surface area (Å²) >= 11 is 12.0. The molecule has 2 atom stereocenters. The van der Waals surface area contributed by atoms with Crippen molar-refractivity contribution in [2.24, 2.45) is 5.10 Å². The molecule has 0 saturated heterocycles. The summed E-state index contributed by atoms with van der Waals surface area (Å²) in [5.41, 5.74) is 3.30. The van der Waals surface area contributed by atoms with Gasteiger partial charge in [0.1, 0.15) is 11.8 Å². The molecule has 0 saturated carbocycles. The Bertz CT molecular complexity index is 1340. The van der Waals surface area contributed by atoms with E-state index in [1.165, 1.54) is 38.4 Å². The Kier molecular flexibility index (Phi) is 10.0. The third-order valence-electron chi connectivity index (χ3n) is 5.27. The van der Waals surface area contributed by atoms with Crippen LogP contribution in [0.2, 0.25) is 10.0 Å². The van der Waals surface area contributed by atoms with E-state index in [1.807, 2.05) is 30.3 Å². The maximum Gasteiger partial charge on any atom is 0.311 e. The molecule has 0 bridgehead atoms. The van der Waals surface area contributed by atoms with Crippen LogP contribution in [0.15, 0.2) is 71.8 Å². The second-order valence-electron chi connectivity index (χ2n) is 8.01. The first-order chi connectivity index (χ1) is 18.2. The average Bonchev–Trinajstić information content (AvgIpc) is 2.90. The third kappa shape index (κ3) is 7.92. The largest absolute Gasteiger partial charge is 0.490 e. The van der Waals surface area contributed by atoms with E-state index in [0.29, 0.717) is 10.6 Å². The van der Waals surface area contributed by atoms with Gasteiger partial charge in [0.25, 0.3) is 11.8 Å². The van der Waals surface area contributed by atoms with Crippen molar-refractivity contribution >= 4 is 46.9 Å². The number of carbonyl (C=O) groups is 2. The van der Waals surface area contributed by atoms with Gasteiger partial charge < -0.3 is 14.8 Å². The molecule has 0 aliphatic carbocycles. The van der Waals surface area contributed by atoms with Crippen LogP contribution in [0.4, 0.5) is 5.69 Å². The predicted molar refractivity (Wildman–Crippen MR) is 144 cm³/mol. The quantitative estimate of drug-likeness (QED) is 0.201. The van der Waals surface area contributed by atoms with E-state index in [0.717, 1.165) is 5.56 Å². The molecular formula is C26H24Cl2N4O6. The predicted octanol–water partition coefficient (Wildman–Crippen LogP) is 4.56. The number of carbonyl (C=O) groups excluding carboxylic acids is 2. The molecule has 0 fully saturated rings. The lowest BCUT2D eigenvalue weighted by molar-refractivity contribution is -0.385. The number of hydrogen-bond acceptors (Lipinski definition) is 7. The molecule has 3 rings (SSSR count). The summed E-state index contributed by atoms with van der Waals surface area (Å²) < 4.78 is 10.6. The number of hydrogen-bond donors (Lipinski definition) is 2. The maximum absolute atomic E-state index is 13.0. The minimum Gasteiger partial charge on any atom is -0.490 e. The molecule has 0 aliphatic heterocycles. The first-order valence-electron chi connectivity index (χ1n) is 11.3. The Balaban J connectivity index is 1.71. The highest BCUT2D eigenvalue weighted by Crippen LogP contribution is 2.28. The van der Waals surface area contributed by atoms with Crippen LogP contribution in [0, 0.1) is 10.1 Å². The summed E-state index contributed by atoms with van der Waals surface area (Å²) in [7, 11) is 1.33. The number of halogens is 2. The Labute approximate surface area is 228 Å². The summed E-state index contributed by atoms with van der Waals surface area (Å²) in [5.74, 6) is -0.793. The first kappa shape index (κ1) is 28.4. The zero-order valence-corrected chi connectivity index (χ0v) is 21.9. The number of amides is 2. The van der Waals surface area contributed by atoms with Crippen LogP contribution in [0.5, 0.6) is 11.5 Å². The van der Waals surface area contributed by atoms with Crippen LogP contribution in [0.25, 0.3) is 0 Å². The molecule has 0 heterocycles. The zero-order chi connectivity index (χ0) is 27.7. The van der Waals surface area contributed by atoms with E-state index in [9.17, 15) is 19.7 Å². The van der Waals surface area contributed by atoms with Crippen LogP contribution in [0.1, 0.15) is 18.1 Å². The van der Waals surface area contributed by atoms with E-state index >= 15 is 0 Å². The van der Waals surface area contributed by atoms with E-state index < -0.39 is 28.9 Å². The van der Waals surface area contributed by atoms with Gasteiger partial charge in [0.2, 0.25) is 0 Å². The van der Waals surface area contributed by atoms with Crippen molar-refractivity contribution in [1.82, 2.24) is 10.7 Å². The van der Waals surface area contributed by atoms with Crippen molar-refractivity contribution in [3.05, 3.63) is 98.0 Å². The van der Waals surface area contributed by atoms with E-state index in [1.54, 1.807) is 18.2 Å². The number of nitrogens with one attached hydrogen (secondary N) is 2. The monoisotopic (exact) mass is 558 g/mol. The lowest BCUT2D eigenvalue weighted by Gasteiger charge is -2.21. The summed E-state index contributed by atoms with van der Waals surface area (Å²) in [4.78, 5) is 36.5. The second-order valence-corrected chi connectivity index (χ2v) is 8.85. The average molecular weight is 559 g/mol. The fraction of sp³-hybridized carbons (Fsp3) is 0.192. The molecule has 0 unspecified atom stereocenters. The molecule has 38 heavy (non-hydrogen) atoms. The summed E-state index contributed by atoms with van der Waals surface area (Å²) in [5, 5.41) is 18.5. The molecule has 3 aromatic rings. The van der Waals surface area contributed by atoms with Gasteiger partial charge in [0, 0.05) is 23.1 Å². The van der Waals surface area contributed by atoms with Crippen LogP contribution >= 0.6 is 23.2 Å². The molecular weight excluding hydrogens is 535 g/mol. The van der Waals surface area contributed by atoms with Crippen molar-refractivity contribution in [3.63, 3.8) is 0 Å². The standard InChI is InChI=1S/C26H24Cl2N4O6/c1-16(38-23-11-9-19(27)14-20(23)28)25(33)30-21(12-17-6-4-3-5-7-17)26(34)31-29-15-18-8-10-24(37-2)22(13-18)32(35)36/h3-11,13-16,21H,12H2,1-2H3,(H,30,33)(H,31,34)/b29-15-/t16-,21-/m1/s1. The van der Waals surface area contributed by atoms with Gasteiger partial charge in [-0.05, 0) is 42.8 Å². The minimum atomic E-state index is -1.00. The van der Waals surface area contributed by atoms with Crippen molar-refractivity contribution in [3.8, 4) is 11.5 Å². The number of nitro groups is 1. The lowest BCUT2D eigenvalue weighted by Crippen LogP contribution is -2.50. The van der Waals surface area contributed by atoms with Gasteiger partial charge in [-0.15, -0.1) is 0 Å². The van der Waals surface area contributed by atoms with Crippen LogP contribution in [-0.2, 0) is 16.0 Å². The third-order valence-corrected chi connectivity index (χ3v) is 5.80. The van der Waals surface area contributed by atoms with Crippen molar-refractivity contribution < 1.29 is 24.0 Å². The number of methoxy groups -OCH3 is 1. The molecule has 10 nitrogen and oxygen atoms in total. The minimum absolute atomic E-state index is 0.0954. The van der Waals surface area contributed by atoms with E-state index in [4.69, 9.17) is 32.7 Å². The number of nitro benzene ring substituents is 1. The Morgan fingerprint density at radius 2 is 1.76 bits per heavy atom. The Hall–Kier alpha value is -4.15. The molecule has 0 aromatic heterocycles. The summed E-state index contributed by atoms with van der Waals surface area (Å²) in [6.45, 7) is 1.52. The Morgan fingerprint density at radius 3 is 2.42 bits per heavy atom. The molecule has 3 aromatic carbocycles. The highest BCUT2D eigenvalue weighted by Gasteiger charge is 2.25. The molecule has 198 valence electrons. The number of ether oxygens (including phenoxy) is 2. The van der Waals surface area contributed by atoms with Gasteiger partial charge in [-0.2, -0.15) is 5.10 Å². The van der Waals surface area contributed by atoms with Gasteiger partial charge in [0.15, 0.2) is 11.9 Å². The number of nitrogens with zero attached hydrogens (tertiary/aromatic N) is 2. The normalized spacial score (nSPS) is 12.4. The Morgan fingerprint density at radius 1 is 1.05 bits per heavy atom. The molecule has 0 radical (unpaired) electrons. The van der Waals surface area contributed by atoms with Crippen molar-refractivity contribution in [1.29, 1.82) is 0 Å². The van der Waals surface area contributed by atoms with E-state index in [-0.39, 0.29) is 28.6 Å². The van der Waals surface area contributed by atoms with Gasteiger partial charge in [0.05, 0.1) is 23.3 Å². The van der Waals surface area contributed by atoms with Gasteiger partial charge >= 0.3 is 5.69 Å². The smallest absolute Gasteiger partial charge is 0.311 e. The SMILES string of the molecule is COc1ccc(/C=N\NC(=O)[C@@H](Cc2ccccc2)NC(=O)[C@@H](C)Oc2ccc(Cl)cc2Cl)cc1[N+](=O)[O-]. The number of benzene rings is 3. The molecule has 2 amide bonds. The second kappa shape index (κ2) is 13.4. The van der Waals surface area contributed by atoms with Crippen molar-refractivity contribution in [2.45, 2.75) is 25.5 Å². The fourth-order valence-corrected chi connectivity index (χ4v) is 3.79. The van der Waals surface area contributed by atoms with Gasteiger partial charge in [-0.25, -0.2) is 5.43 Å². The highest BCUT2D eigenvalue weighted by atomic mass is 35.5. The molecule has 2 N–H and O–H groups in total. The van der Waals surface area contributed by atoms with Gasteiger partial charge in [-0.1, -0.05) is 53.5 Å². The highest BCUT2D eigenvalue weighted by molar-refractivity contribution is 6.35. The lowest BCUT2D eigenvalue weighted by atomic mass is 10.1. The summed E-state index contributed by atoms with van der Waals surface area (Å²) in [6, 6.07) is 16.9. The van der Waals surface area contributed by atoms with E-state index in [2.05, 4.69) is 15.8 Å². The van der Waals surface area contributed by atoms with Crippen LogP contribution in [-0.4, -0.2) is 42.2 Å². The summed E-state index contributed by atoms with van der Waals surface area (Å²) in [6.07, 6.45) is 0.444. The number of rotatable bonds is 11. The molecule has 12 heteroatoms. The zero-order valence-electron chi connectivity index (χ0n) is 20.4. The first-order valence-corrected chi connectivity index (χ1v) is 12.0. The van der Waals surface area contributed by atoms with Crippen LogP contribution < -0.4 is 20.2 Å². The van der Waals surface area contributed by atoms with Crippen molar-refractivity contribution in [2.75, 3.05) is 7.11 Å². The number of hydrazone groups is 1. The maximum atomic E-state index is 13.0. The molecule has 0 aliphatic rings. The molecule has 0 spiro atoms. The fourth-order valence-electron chi connectivity index (χ4n) is 3.34. The topological polar surface area (TPSA) is 132 Å².